The van der Waals surface area contributed by atoms with Crippen molar-refractivity contribution in [2.75, 3.05) is 6.54 Å². The number of halogens is 1. The Bertz CT molecular complexity index is 732. The van der Waals surface area contributed by atoms with Crippen molar-refractivity contribution in [3.8, 4) is 0 Å². The minimum atomic E-state index is -0.780. The number of rotatable bonds is 3. The summed E-state index contributed by atoms with van der Waals surface area (Å²) in [6, 6.07) is 0.126. The molecule has 2 aromatic heterocycles. The zero-order valence-corrected chi connectivity index (χ0v) is 11.9. The summed E-state index contributed by atoms with van der Waals surface area (Å²) in [6.45, 7) is 4.20. The Hall–Kier alpha value is -2.28. The molecule has 1 atom stereocenters. The zero-order valence-electron chi connectivity index (χ0n) is 11.9. The lowest BCUT2D eigenvalue weighted by Gasteiger charge is -2.31. The molecule has 0 aromatic carbocycles. The van der Waals surface area contributed by atoms with Gasteiger partial charge in [-0.3, -0.25) is 0 Å². The quantitative estimate of drug-likeness (QED) is 0.834. The average molecular weight is 288 g/mol. The SMILES string of the molecule is CC(C)n1cnc2c(C3(CN)C=CC=CN3)nc(F)nc21. The lowest BCUT2D eigenvalue weighted by Crippen LogP contribution is -2.46. The second kappa shape index (κ2) is 4.92. The number of fused-ring (bicyclic) bond motifs is 1. The average Bonchev–Trinajstić information content (AvgIpc) is 2.90. The van der Waals surface area contributed by atoms with Crippen LogP contribution < -0.4 is 11.1 Å². The van der Waals surface area contributed by atoms with Crippen LogP contribution in [0.5, 0.6) is 0 Å². The number of hydrogen-bond acceptors (Lipinski definition) is 5. The molecule has 110 valence electrons. The van der Waals surface area contributed by atoms with Gasteiger partial charge in [-0.2, -0.15) is 9.37 Å². The van der Waals surface area contributed by atoms with Crippen molar-refractivity contribution in [2.45, 2.75) is 25.4 Å². The molecule has 0 aliphatic carbocycles. The van der Waals surface area contributed by atoms with Gasteiger partial charge >= 0.3 is 6.08 Å². The molecule has 0 saturated heterocycles. The van der Waals surface area contributed by atoms with Gasteiger partial charge in [0.1, 0.15) is 16.7 Å². The number of allylic oxidation sites excluding steroid dienone is 2. The van der Waals surface area contributed by atoms with Crippen LogP contribution in [0, 0.1) is 6.08 Å². The normalized spacial score (nSPS) is 21.2. The minimum absolute atomic E-state index is 0.126. The number of dihydropyridines is 1. The van der Waals surface area contributed by atoms with Gasteiger partial charge < -0.3 is 15.6 Å². The number of nitrogens with one attached hydrogen (secondary N) is 1. The van der Waals surface area contributed by atoms with E-state index in [4.69, 9.17) is 5.73 Å². The molecule has 21 heavy (non-hydrogen) atoms. The van der Waals surface area contributed by atoms with Crippen LogP contribution in [0.15, 0.2) is 30.8 Å². The van der Waals surface area contributed by atoms with Gasteiger partial charge in [0, 0.05) is 12.6 Å². The highest BCUT2D eigenvalue weighted by Gasteiger charge is 2.33. The second-order valence-corrected chi connectivity index (χ2v) is 5.30. The molecule has 0 bridgehead atoms. The smallest absolute Gasteiger partial charge is 0.311 e. The Labute approximate surface area is 121 Å². The van der Waals surface area contributed by atoms with E-state index in [0.29, 0.717) is 16.9 Å². The molecule has 0 amide bonds. The lowest BCUT2D eigenvalue weighted by molar-refractivity contribution is 0.451. The second-order valence-electron chi connectivity index (χ2n) is 5.30. The van der Waals surface area contributed by atoms with Crippen LogP contribution in [0.3, 0.4) is 0 Å². The van der Waals surface area contributed by atoms with Gasteiger partial charge in [0.25, 0.3) is 0 Å². The van der Waals surface area contributed by atoms with Crippen molar-refractivity contribution in [1.29, 1.82) is 0 Å². The highest BCUT2D eigenvalue weighted by atomic mass is 19.1. The summed E-state index contributed by atoms with van der Waals surface area (Å²) in [5.41, 5.74) is 6.63. The molecular formula is C14H17FN6. The van der Waals surface area contributed by atoms with Gasteiger partial charge in [0.15, 0.2) is 5.65 Å². The van der Waals surface area contributed by atoms with Crippen LogP contribution in [-0.4, -0.2) is 26.1 Å². The third-order valence-corrected chi connectivity index (χ3v) is 3.62. The molecule has 2 aromatic rings. The fourth-order valence-electron chi connectivity index (χ4n) is 2.47. The lowest BCUT2D eigenvalue weighted by atomic mass is 9.92. The minimum Gasteiger partial charge on any atom is -0.376 e. The molecule has 0 fully saturated rings. The summed E-state index contributed by atoms with van der Waals surface area (Å²) in [5, 5.41) is 3.16. The van der Waals surface area contributed by atoms with Crippen molar-refractivity contribution < 1.29 is 4.39 Å². The summed E-state index contributed by atoms with van der Waals surface area (Å²) >= 11 is 0. The highest BCUT2D eigenvalue weighted by Crippen LogP contribution is 2.28. The van der Waals surface area contributed by atoms with E-state index in [9.17, 15) is 4.39 Å². The first-order chi connectivity index (χ1) is 10.1. The number of nitrogens with zero attached hydrogens (tertiary/aromatic N) is 4. The van der Waals surface area contributed by atoms with Crippen molar-refractivity contribution in [3.63, 3.8) is 0 Å². The third-order valence-electron chi connectivity index (χ3n) is 3.62. The first-order valence-corrected chi connectivity index (χ1v) is 6.80. The van der Waals surface area contributed by atoms with Crippen molar-refractivity contribution in [3.05, 3.63) is 42.5 Å². The van der Waals surface area contributed by atoms with Crippen molar-refractivity contribution in [1.82, 2.24) is 24.8 Å². The van der Waals surface area contributed by atoms with Gasteiger partial charge in [0.2, 0.25) is 0 Å². The number of imidazole rings is 1. The molecule has 1 aliphatic heterocycles. The predicted octanol–water partition coefficient (Wildman–Crippen LogP) is 1.37. The van der Waals surface area contributed by atoms with Crippen LogP contribution in [0.4, 0.5) is 4.39 Å². The Morgan fingerprint density at radius 1 is 1.38 bits per heavy atom. The molecule has 6 nitrogen and oxygen atoms in total. The van der Waals surface area contributed by atoms with Crippen LogP contribution in [0.2, 0.25) is 0 Å². The molecule has 3 heterocycles. The molecule has 0 radical (unpaired) electrons. The van der Waals surface area contributed by atoms with Crippen LogP contribution in [0.1, 0.15) is 25.6 Å². The summed E-state index contributed by atoms with van der Waals surface area (Å²) in [5.74, 6) is 0. The fourth-order valence-corrected chi connectivity index (χ4v) is 2.47. The first kappa shape index (κ1) is 13.7. The van der Waals surface area contributed by atoms with E-state index in [1.54, 1.807) is 12.5 Å². The number of nitrogens with two attached hydrogens (primary N) is 1. The predicted molar refractivity (Wildman–Crippen MR) is 77.8 cm³/mol. The van der Waals surface area contributed by atoms with E-state index in [-0.39, 0.29) is 12.6 Å². The largest absolute Gasteiger partial charge is 0.376 e. The van der Waals surface area contributed by atoms with Gasteiger partial charge in [-0.25, -0.2) is 9.97 Å². The molecule has 7 heteroatoms. The van der Waals surface area contributed by atoms with E-state index in [1.807, 2.05) is 36.6 Å². The maximum absolute atomic E-state index is 13.9. The summed E-state index contributed by atoms with van der Waals surface area (Å²) < 4.78 is 15.7. The van der Waals surface area contributed by atoms with E-state index in [0.717, 1.165) is 0 Å². The topological polar surface area (TPSA) is 81.7 Å². The molecule has 3 N–H and O–H groups in total. The van der Waals surface area contributed by atoms with Gasteiger partial charge in [-0.05, 0) is 26.1 Å². The Kier molecular flexibility index (Phi) is 3.21. The van der Waals surface area contributed by atoms with Gasteiger partial charge in [-0.1, -0.05) is 12.2 Å². The standard InChI is InChI=1S/C14H17FN6/c1-9(2)21-8-17-10-11(19-13(15)20-12(10)21)14(7-16)5-3-4-6-18-14/h3-6,8-9,18H,7,16H2,1-2H3. The van der Waals surface area contributed by atoms with Crippen LogP contribution in [0.25, 0.3) is 11.2 Å². The third kappa shape index (κ3) is 2.09. The fraction of sp³-hybridized carbons (Fsp3) is 0.357. The van der Waals surface area contributed by atoms with E-state index < -0.39 is 11.6 Å². The number of hydrogen-bond donors (Lipinski definition) is 2. The molecule has 1 aliphatic rings. The van der Waals surface area contributed by atoms with E-state index in [1.165, 1.54) is 0 Å². The van der Waals surface area contributed by atoms with Crippen LogP contribution in [-0.2, 0) is 5.54 Å². The maximum Gasteiger partial charge on any atom is 0.311 e. The summed E-state index contributed by atoms with van der Waals surface area (Å²) in [4.78, 5) is 12.2. The van der Waals surface area contributed by atoms with E-state index >= 15 is 0 Å². The Morgan fingerprint density at radius 2 is 2.19 bits per heavy atom. The molecule has 0 spiro atoms. The summed E-state index contributed by atoms with van der Waals surface area (Å²) in [7, 11) is 0. The molecular weight excluding hydrogens is 271 g/mol. The highest BCUT2D eigenvalue weighted by molar-refractivity contribution is 5.75. The van der Waals surface area contributed by atoms with Gasteiger partial charge in [-0.15, -0.1) is 0 Å². The molecule has 1 unspecified atom stereocenters. The Balaban J connectivity index is 2.27. The molecule has 3 rings (SSSR count). The summed E-state index contributed by atoms with van der Waals surface area (Å²) in [6.07, 6.45) is 8.20. The number of aromatic nitrogens is 4. The Morgan fingerprint density at radius 3 is 2.81 bits per heavy atom. The first-order valence-electron chi connectivity index (χ1n) is 6.80. The van der Waals surface area contributed by atoms with Crippen molar-refractivity contribution in [2.24, 2.45) is 5.73 Å². The molecule has 0 saturated carbocycles. The van der Waals surface area contributed by atoms with Crippen LogP contribution >= 0.6 is 0 Å². The zero-order chi connectivity index (χ0) is 15.0. The van der Waals surface area contributed by atoms with Crippen molar-refractivity contribution >= 4 is 11.2 Å². The van der Waals surface area contributed by atoms with Gasteiger partial charge in [0.05, 0.1) is 6.33 Å². The van der Waals surface area contributed by atoms with E-state index in [2.05, 4.69) is 20.3 Å². The maximum atomic E-state index is 13.9. The monoisotopic (exact) mass is 288 g/mol.